The van der Waals surface area contributed by atoms with Crippen molar-refractivity contribution in [2.75, 3.05) is 23.7 Å². The summed E-state index contributed by atoms with van der Waals surface area (Å²) in [6.07, 6.45) is 2.74. The Hall–Kier alpha value is -2.04. The van der Waals surface area contributed by atoms with Crippen LogP contribution in [0, 0.1) is 0 Å². The molecule has 2 aromatic heterocycles. The van der Waals surface area contributed by atoms with Crippen LogP contribution < -0.4 is 10.6 Å². The number of hydrogen-bond acceptors (Lipinski definition) is 4. The van der Waals surface area contributed by atoms with Gasteiger partial charge in [0.25, 0.3) is 0 Å². The van der Waals surface area contributed by atoms with Gasteiger partial charge < -0.3 is 10.6 Å². The summed E-state index contributed by atoms with van der Waals surface area (Å²) in [5.74, 6) is 0.793. The van der Waals surface area contributed by atoms with E-state index in [1.165, 1.54) is 0 Å². The summed E-state index contributed by atoms with van der Waals surface area (Å²) in [5.41, 5.74) is 1.95. The maximum atomic E-state index is 6.00. The molecule has 0 unspecified atom stereocenters. The first-order valence-electron chi connectivity index (χ1n) is 7.37. The van der Waals surface area contributed by atoms with Crippen LogP contribution in [0.4, 0.5) is 11.5 Å². The predicted molar refractivity (Wildman–Crippen MR) is 97.6 cm³/mol. The second-order valence-electron chi connectivity index (χ2n) is 5.07. The number of benzene rings is 1. The van der Waals surface area contributed by atoms with Crippen LogP contribution in [0.5, 0.6) is 0 Å². The average molecular weight is 347 g/mol. The van der Waals surface area contributed by atoms with Crippen molar-refractivity contribution in [3.63, 3.8) is 0 Å². The molecule has 23 heavy (non-hydrogen) atoms. The van der Waals surface area contributed by atoms with E-state index in [1.807, 2.05) is 36.4 Å². The summed E-state index contributed by atoms with van der Waals surface area (Å²) in [7, 11) is 0. The van der Waals surface area contributed by atoms with Crippen molar-refractivity contribution >= 4 is 45.6 Å². The average Bonchev–Trinajstić information content (AvgIpc) is 2.54. The highest BCUT2D eigenvalue weighted by molar-refractivity contribution is 6.31. The van der Waals surface area contributed by atoms with Crippen molar-refractivity contribution in [1.82, 2.24) is 9.97 Å². The highest BCUT2D eigenvalue weighted by Gasteiger charge is 2.02. The van der Waals surface area contributed by atoms with Crippen LogP contribution in [0.1, 0.15) is 6.42 Å². The fraction of sp³-hybridized carbons (Fsp3) is 0.176. The van der Waals surface area contributed by atoms with E-state index < -0.39 is 0 Å². The van der Waals surface area contributed by atoms with Crippen LogP contribution in [-0.2, 0) is 0 Å². The Morgan fingerprint density at radius 2 is 1.83 bits per heavy atom. The zero-order valence-electron chi connectivity index (χ0n) is 12.4. The molecule has 0 amide bonds. The molecule has 0 radical (unpaired) electrons. The molecule has 3 aromatic rings. The van der Waals surface area contributed by atoms with Gasteiger partial charge in [0.15, 0.2) is 0 Å². The Morgan fingerprint density at radius 1 is 0.957 bits per heavy atom. The molecule has 1 aromatic carbocycles. The Labute approximate surface area is 144 Å². The van der Waals surface area contributed by atoms with Gasteiger partial charge in [0.1, 0.15) is 11.0 Å². The number of hydrogen-bond donors (Lipinski definition) is 2. The molecule has 0 aliphatic rings. The third kappa shape index (κ3) is 4.24. The monoisotopic (exact) mass is 346 g/mol. The summed E-state index contributed by atoms with van der Waals surface area (Å²) in [5, 5.41) is 8.95. The third-order valence-corrected chi connectivity index (χ3v) is 3.84. The Kier molecular flexibility index (Phi) is 5.16. The van der Waals surface area contributed by atoms with Crippen LogP contribution in [0.2, 0.25) is 10.2 Å². The van der Waals surface area contributed by atoms with Crippen molar-refractivity contribution in [3.05, 3.63) is 58.8 Å². The van der Waals surface area contributed by atoms with Crippen LogP contribution >= 0.6 is 23.2 Å². The van der Waals surface area contributed by atoms with Crippen molar-refractivity contribution in [2.45, 2.75) is 6.42 Å². The minimum atomic E-state index is 0.495. The van der Waals surface area contributed by atoms with Gasteiger partial charge in [-0.2, -0.15) is 0 Å². The summed E-state index contributed by atoms with van der Waals surface area (Å²) in [4.78, 5) is 8.53. The van der Waals surface area contributed by atoms with E-state index in [4.69, 9.17) is 23.2 Å². The minimum Gasteiger partial charge on any atom is -0.384 e. The van der Waals surface area contributed by atoms with E-state index in [2.05, 4.69) is 20.6 Å². The number of halogens is 2. The quantitative estimate of drug-likeness (QED) is 0.494. The first kappa shape index (κ1) is 15.8. The van der Waals surface area contributed by atoms with Crippen molar-refractivity contribution in [3.8, 4) is 0 Å². The highest BCUT2D eigenvalue weighted by Crippen LogP contribution is 2.24. The largest absolute Gasteiger partial charge is 0.384 e. The molecule has 0 spiro atoms. The summed E-state index contributed by atoms with van der Waals surface area (Å²) in [6, 6.07) is 13.2. The standard InChI is InChI=1S/C17H16Cl2N4/c18-12-5-6-13-14(7-10-21-15(13)11-12)20-8-2-9-22-17-4-1-3-16(19)23-17/h1,3-7,10-11H,2,8-9H2,(H,20,21)(H,22,23). The number of aromatic nitrogens is 2. The number of fused-ring (bicyclic) bond motifs is 1. The first-order valence-corrected chi connectivity index (χ1v) is 8.12. The number of nitrogens with one attached hydrogen (secondary N) is 2. The fourth-order valence-electron chi connectivity index (χ4n) is 2.31. The van der Waals surface area contributed by atoms with Gasteiger partial charge in [-0.05, 0) is 42.8 Å². The molecule has 0 aliphatic carbocycles. The number of nitrogens with zero attached hydrogens (tertiary/aromatic N) is 2. The molecular formula is C17H16Cl2N4. The van der Waals surface area contributed by atoms with Gasteiger partial charge in [0.05, 0.1) is 5.52 Å². The summed E-state index contributed by atoms with van der Waals surface area (Å²) < 4.78 is 0. The molecule has 2 heterocycles. The molecule has 3 rings (SSSR count). The van der Waals surface area contributed by atoms with Crippen LogP contribution in [-0.4, -0.2) is 23.1 Å². The van der Waals surface area contributed by atoms with Gasteiger partial charge in [0.2, 0.25) is 0 Å². The van der Waals surface area contributed by atoms with Crippen LogP contribution in [0.3, 0.4) is 0 Å². The first-order chi connectivity index (χ1) is 11.2. The molecule has 0 aliphatic heterocycles. The van der Waals surface area contributed by atoms with Gasteiger partial charge in [-0.15, -0.1) is 0 Å². The van der Waals surface area contributed by atoms with Crippen molar-refractivity contribution < 1.29 is 0 Å². The van der Waals surface area contributed by atoms with E-state index in [9.17, 15) is 0 Å². The molecule has 0 saturated heterocycles. The minimum absolute atomic E-state index is 0.495. The van der Waals surface area contributed by atoms with Gasteiger partial charge in [-0.25, -0.2) is 4.98 Å². The Morgan fingerprint density at radius 3 is 2.70 bits per heavy atom. The van der Waals surface area contributed by atoms with Crippen molar-refractivity contribution in [1.29, 1.82) is 0 Å². The summed E-state index contributed by atoms with van der Waals surface area (Å²) in [6.45, 7) is 1.66. The molecule has 0 fully saturated rings. The number of pyridine rings is 2. The molecule has 0 bridgehead atoms. The van der Waals surface area contributed by atoms with Gasteiger partial charge >= 0.3 is 0 Å². The topological polar surface area (TPSA) is 49.8 Å². The molecule has 118 valence electrons. The molecule has 0 saturated carbocycles. The number of rotatable bonds is 6. The molecule has 0 atom stereocenters. The van der Waals surface area contributed by atoms with E-state index in [-0.39, 0.29) is 0 Å². The SMILES string of the molecule is Clc1ccc2c(NCCCNc3cccc(Cl)n3)ccnc2c1. The fourth-order valence-corrected chi connectivity index (χ4v) is 2.64. The summed E-state index contributed by atoms with van der Waals surface area (Å²) >= 11 is 11.9. The molecule has 2 N–H and O–H groups in total. The third-order valence-electron chi connectivity index (χ3n) is 3.40. The predicted octanol–water partition coefficient (Wildman–Crippen LogP) is 4.85. The molecule has 6 heteroatoms. The lowest BCUT2D eigenvalue weighted by molar-refractivity contribution is 0.905. The van der Waals surface area contributed by atoms with E-state index >= 15 is 0 Å². The van der Waals surface area contributed by atoms with Crippen LogP contribution in [0.15, 0.2) is 48.7 Å². The van der Waals surface area contributed by atoms with Crippen LogP contribution in [0.25, 0.3) is 10.9 Å². The van der Waals surface area contributed by atoms with E-state index in [0.29, 0.717) is 10.2 Å². The maximum absolute atomic E-state index is 6.00. The lowest BCUT2D eigenvalue weighted by atomic mass is 10.2. The normalized spacial score (nSPS) is 10.7. The highest BCUT2D eigenvalue weighted by atomic mass is 35.5. The smallest absolute Gasteiger partial charge is 0.131 e. The van der Waals surface area contributed by atoms with Gasteiger partial charge in [-0.1, -0.05) is 29.3 Å². The zero-order valence-corrected chi connectivity index (χ0v) is 13.9. The lowest BCUT2D eigenvalue weighted by Crippen LogP contribution is -2.10. The molecular weight excluding hydrogens is 331 g/mol. The van der Waals surface area contributed by atoms with Crippen molar-refractivity contribution in [2.24, 2.45) is 0 Å². The lowest BCUT2D eigenvalue weighted by Gasteiger charge is -2.10. The second-order valence-corrected chi connectivity index (χ2v) is 5.90. The van der Waals surface area contributed by atoms with Gasteiger partial charge in [0, 0.05) is 35.4 Å². The second kappa shape index (κ2) is 7.49. The maximum Gasteiger partial charge on any atom is 0.131 e. The number of anilines is 2. The molecule has 4 nitrogen and oxygen atoms in total. The van der Waals surface area contributed by atoms with Gasteiger partial charge in [-0.3, -0.25) is 4.98 Å². The zero-order chi connectivity index (χ0) is 16.1. The Bertz CT molecular complexity index is 807. The van der Waals surface area contributed by atoms with E-state index in [1.54, 1.807) is 12.3 Å². The Balaban J connectivity index is 1.53. The van der Waals surface area contributed by atoms with E-state index in [0.717, 1.165) is 41.9 Å².